The summed E-state index contributed by atoms with van der Waals surface area (Å²) in [6, 6.07) is 8.03. The van der Waals surface area contributed by atoms with Crippen LogP contribution in [0.3, 0.4) is 0 Å². The molecule has 0 amide bonds. The third-order valence-electron chi connectivity index (χ3n) is 2.02. The molecule has 1 N–H and O–H groups in total. The maximum Gasteiger partial charge on any atom is 0.111 e. The zero-order chi connectivity index (χ0) is 13.8. The van der Waals surface area contributed by atoms with Crippen molar-refractivity contribution in [2.45, 2.75) is 41.5 Å². The summed E-state index contributed by atoms with van der Waals surface area (Å²) in [5.41, 5.74) is 3.12. The van der Waals surface area contributed by atoms with Gasteiger partial charge >= 0.3 is 0 Å². The van der Waals surface area contributed by atoms with Crippen LogP contribution in [0.1, 0.15) is 45.7 Å². The van der Waals surface area contributed by atoms with Gasteiger partial charge in [0.1, 0.15) is 5.76 Å². The lowest BCUT2D eigenvalue weighted by Gasteiger charge is -2.01. The Morgan fingerprint density at radius 1 is 1.12 bits per heavy atom. The molecule has 1 heteroatoms. The summed E-state index contributed by atoms with van der Waals surface area (Å²) < 4.78 is 0. The Morgan fingerprint density at radius 3 is 2.00 bits per heavy atom. The van der Waals surface area contributed by atoms with E-state index in [0.717, 1.165) is 11.1 Å². The SMILES string of the molecule is C=C(O)/C(C)=C\c1ccccc1C.CC.CC. The van der Waals surface area contributed by atoms with E-state index in [1.54, 1.807) is 0 Å². The summed E-state index contributed by atoms with van der Waals surface area (Å²) in [7, 11) is 0. The zero-order valence-electron chi connectivity index (χ0n) is 12.0. The zero-order valence-corrected chi connectivity index (χ0v) is 12.0. The molecule has 1 nitrogen and oxygen atoms in total. The maximum absolute atomic E-state index is 9.11. The van der Waals surface area contributed by atoms with Gasteiger partial charge in [0.2, 0.25) is 0 Å². The van der Waals surface area contributed by atoms with Gasteiger partial charge in [-0.05, 0) is 36.6 Å². The lowest BCUT2D eigenvalue weighted by Crippen LogP contribution is -1.83. The van der Waals surface area contributed by atoms with Crippen molar-refractivity contribution in [2.75, 3.05) is 0 Å². The van der Waals surface area contributed by atoms with E-state index in [1.165, 1.54) is 5.56 Å². The fourth-order valence-electron chi connectivity index (χ4n) is 1.07. The molecule has 0 aliphatic heterocycles. The van der Waals surface area contributed by atoms with Gasteiger partial charge in [0.05, 0.1) is 0 Å². The normalized spacial score (nSPS) is 9.41. The number of benzene rings is 1. The Hall–Kier alpha value is -1.50. The predicted molar refractivity (Wildman–Crippen MR) is 79.3 cm³/mol. The van der Waals surface area contributed by atoms with Crippen molar-refractivity contribution >= 4 is 6.08 Å². The molecule has 0 aliphatic carbocycles. The predicted octanol–water partition coefficient (Wildman–Crippen LogP) is 5.52. The average molecular weight is 234 g/mol. The quantitative estimate of drug-likeness (QED) is 0.527. The number of aryl methyl sites for hydroxylation is 1. The number of allylic oxidation sites excluding steroid dienone is 1. The summed E-state index contributed by atoms with van der Waals surface area (Å²) in [6.07, 6.45) is 1.93. The molecule has 17 heavy (non-hydrogen) atoms. The highest BCUT2D eigenvalue weighted by atomic mass is 16.3. The summed E-state index contributed by atoms with van der Waals surface area (Å²) in [6.45, 7) is 15.4. The van der Waals surface area contributed by atoms with Crippen molar-refractivity contribution in [3.63, 3.8) is 0 Å². The van der Waals surface area contributed by atoms with Gasteiger partial charge in [-0.1, -0.05) is 58.5 Å². The van der Waals surface area contributed by atoms with Crippen LogP contribution in [0.4, 0.5) is 0 Å². The van der Waals surface area contributed by atoms with E-state index in [0.29, 0.717) is 0 Å². The second-order valence-electron chi connectivity index (χ2n) is 3.13. The van der Waals surface area contributed by atoms with E-state index < -0.39 is 0 Å². The molecule has 0 aliphatic rings. The minimum absolute atomic E-state index is 0.128. The summed E-state index contributed by atoms with van der Waals surface area (Å²) >= 11 is 0. The number of hydrogen-bond acceptors (Lipinski definition) is 1. The van der Waals surface area contributed by atoms with Crippen LogP contribution in [0.5, 0.6) is 0 Å². The van der Waals surface area contributed by atoms with Crippen LogP contribution in [0.2, 0.25) is 0 Å². The highest BCUT2D eigenvalue weighted by Crippen LogP contribution is 2.14. The molecule has 1 aromatic carbocycles. The largest absolute Gasteiger partial charge is 0.508 e. The molecule has 0 heterocycles. The minimum Gasteiger partial charge on any atom is -0.508 e. The fourth-order valence-corrected chi connectivity index (χ4v) is 1.07. The van der Waals surface area contributed by atoms with E-state index >= 15 is 0 Å². The molecule has 0 aromatic heterocycles. The molecule has 1 aromatic rings. The van der Waals surface area contributed by atoms with Crippen molar-refractivity contribution in [3.8, 4) is 0 Å². The standard InChI is InChI=1S/C12H14O.2C2H6/c1-9-6-4-5-7-12(9)8-10(2)11(3)13;2*1-2/h4-8,13H,3H2,1-2H3;2*1-2H3/b10-8-;;. The molecule has 0 radical (unpaired) electrons. The first-order valence-electron chi connectivity index (χ1n) is 6.23. The molecule has 0 saturated heterocycles. The molecule has 0 fully saturated rings. The van der Waals surface area contributed by atoms with Crippen LogP contribution in [0, 0.1) is 6.92 Å². The monoisotopic (exact) mass is 234 g/mol. The highest BCUT2D eigenvalue weighted by molar-refractivity contribution is 5.58. The third kappa shape index (κ3) is 7.40. The highest BCUT2D eigenvalue weighted by Gasteiger charge is 1.95. The number of rotatable bonds is 2. The van der Waals surface area contributed by atoms with Gasteiger partial charge < -0.3 is 5.11 Å². The first-order chi connectivity index (χ1) is 8.11. The van der Waals surface area contributed by atoms with E-state index in [4.69, 9.17) is 5.11 Å². The third-order valence-corrected chi connectivity index (χ3v) is 2.02. The van der Waals surface area contributed by atoms with E-state index in [9.17, 15) is 0 Å². The maximum atomic E-state index is 9.11. The number of aliphatic hydroxyl groups excluding tert-OH is 1. The van der Waals surface area contributed by atoms with E-state index in [2.05, 4.69) is 6.58 Å². The van der Waals surface area contributed by atoms with Gasteiger partial charge in [0, 0.05) is 0 Å². The Labute approximate surface area is 107 Å². The molecule has 0 unspecified atom stereocenters. The first kappa shape index (κ1) is 17.9. The molecule has 0 spiro atoms. The second-order valence-corrected chi connectivity index (χ2v) is 3.13. The molecule has 0 atom stereocenters. The Morgan fingerprint density at radius 2 is 1.59 bits per heavy atom. The Kier molecular flexibility index (Phi) is 11.6. The second kappa shape index (κ2) is 11.0. The number of aliphatic hydroxyl groups is 1. The summed E-state index contributed by atoms with van der Waals surface area (Å²) in [4.78, 5) is 0. The van der Waals surface area contributed by atoms with Crippen molar-refractivity contribution in [3.05, 3.63) is 53.3 Å². The smallest absolute Gasteiger partial charge is 0.111 e. The minimum atomic E-state index is 0.128. The van der Waals surface area contributed by atoms with Gasteiger partial charge in [-0.3, -0.25) is 0 Å². The van der Waals surface area contributed by atoms with Gasteiger partial charge in [0.15, 0.2) is 0 Å². The molecular weight excluding hydrogens is 208 g/mol. The van der Waals surface area contributed by atoms with Gasteiger partial charge in [-0.25, -0.2) is 0 Å². The van der Waals surface area contributed by atoms with Crippen molar-refractivity contribution in [1.82, 2.24) is 0 Å². The molecular formula is C16H26O. The van der Waals surface area contributed by atoms with Crippen LogP contribution in [0.25, 0.3) is 6.08 Å². The van der Waals surface area contributed by atoms with Crippen LogP contribution in [-0.4, -0.2) is 5.11 Å². The Bertz CT molecular complexity index is 348. The van der Waals surface area contributed by atoms with Crippen molar-refractivity contribution in [2.24, 2.45) is 0 Å². The van der Waals surface area contributed by atoms with Crippen molar-refractivity contribution < 1.29 is 5.11 Å². The van der Waals surface area contributed by atoms with E-state index in [-0.39, 0.29) is 5.76 Å². The van der Waals surface area contributed by atoms with E-state index in [1.807, 2.05) is 71.9 Å². The first-order valence-corrected chi connectivity index (χ1v) is 6.23. The number of hydrogen-bond donors (Lipinski definition) is 1. The summed E-state index contributed by atoms with van der Waals surface area (Å²) in [5, 5.41) is 9.11. The molecule has 1 rings (SSSR count). The fraction of sp³-hybridized carbons (Fsp3) is 0.375. The van der Waals surface area contributed by atoms with Crippen LogP contribution in [0.15, 0.2) is 42.2 Å². The lowest BCUT2D eigenvalue weighted by atomic mass is 10.1. The van der Waals surface area contributed by atoms with Crippen molar-refractivity contribution in [1.29, 1.82) is 0 Å². The summed E-state index contributed by atoms with van der Waals surface area (Å²) in [5.74, 6) is 0.128. The van der Waals surface area contributed by atoms with Gasteiger partial charge in [-0.15, -0.1) is 0 Å². The van der Waals surface area contributed by atoms with Crippen LogP contribution >= 0.6 is 0 Å². The van der Waals surface area contributed by atoms with Gasteiger partial charge in [0.25, 0.3) is 0 Å². The lowest BCUT2D eigenvalue weighted by molar-refractivity contribution is 0.427. The van der Waals surface area contributed by atoms with Gasteiger partial charge in [-0.2, -0.15) is 0 Å². The van der Waals surface area contributed by atoms with Crippen LogP contribution < -0.4 is 0 Å². The molecule has 96 valence electrons. The molecule has 0 saturated carbocycles. The van der Waals surface area contributed by atoms with Crippen LogP contribution in [-0.2, 0) is 0 Å². The topological polar surface area (TPSA) is 20.2 Å². The Balaban J connectivity index is 0. The average Bonchev–Trinajstić information content (AvgIpc) is 2.37. The molecule has 0 bridgehead atoms.